The molecule has 0 radical (unpaired) electrons. The van der Waals surface area contributed by atoms with E-state index in [0.29, 0.717) is 6.04 Å². The zero-order valence-corrected chi connectivity index (χ0v) is 12.6. The van der Waals surface area contributed by atoms with Gasteiger partial charge in [0.05, 0.1) is 11.2 Å². The summed E-state index contributed by atoms with van der Waals surface area (Å²) in [5, 5.41) is 12.6. The standard InChI is InChI=1S/C14H30N2O2/c1-6-15-12(7-8-17)9-16-10-13(2,3)18-14(4,5)11-16/h12,15,17H,6-11H2,1-5H3. The predicted octanol–water partition coefficient (Wildman–Crippen LogP) is 1.24. The maximum Gasteiger partial charge on any atom is 0.0760 e. The Balaban J connectivity index is 2.58. The summed E-state index contributed by atoms with van der Waals surface area (Å²) in [6, 6.07) is 0.365. The largest absolute Gasteiger partial charge is 0.396 e. The monoisotopic (exact) mass is 258 g/mol. The minimum absolute atomic E-state index is 0.0995. The van der Waals surface area contributed by atoms with Crippen LogP contribution in [0.1, 0.15) is 41.0 Å². The van der Waals surface area contributed by atoms with E-state index in [2.05, 4.69) is 44.8 Å². The Morgan fingerprint density at radius 2 is 1.78 bits per heavy atom. The highest BCUT2D eigenvalue weighted by Gasteiger charge is 2.38. The Labute approximate surface area is 112 Å². The molecule has 0 spiro atoms. The summed E-state index contributed by atoms with van der Waals surface area (Å²) in [5.74, 6) is 0. The van der Waals surface area contributed by atoms with Crippen molar-refractivity contribution in [2.75, 3.05) is 32.8 Å². The van der Waals surface area contributed by atoms with E-state index in [4.69, 9.17) is 9.84 Å². The van der Waals surface area contributed by atoms with E-state index in [1.165, 1.54) is 0 Å². The van der Waals surface area contributed by atoms with Crippen molar-refractivity contribution in [3.8, 4) is 0 Å². The lowest BCUT2D eigenvalue weighted by Gasteiger charge is -2.48. The number of morpholine rings is 1. The third kappa shape index (κ3) is 5.22. The summed E-state index contributed by atoms with van der Waals surface area (Å²) in [5.41, 5.74) is -0.199. The van der Waals surface area contributed by atoms with E-state index in [1.807, 2.05) is 0 Å². The molecular formula is C14H30N2O2. The van der Waals surface area contributed by atoms with Crippen LogP contribution < -0.4 is 5.32 Å². The Morgan fingerprint density at radius 3 is 2.22 bits per heavy atom. The van der Waals surface area contributed by atoms with Crippen LogP contribution in [-0.4, -0.2) is 60.0 Å². The van der Waals surface area contributed by atoms with Gasteiger partial charge in [0, 0.05) is 32.3 Å². The van der Waals surface area contributed by atoms with Crippen LogP contribution in [0.15, 0.2) is 0 Å². The SMILES string of the molecule is CCNC(CCO)CN1CC(C)(C)OC(C)(C)C1. The molecule has 108 valence electrons. The number of rotatable bonds is 6. The Hall–Kier alpha value is -0.160. The number of nitrogens with zero attached hydrogens (tertiary/aromatic N) is 1. The summed E-state index contributed by atoms with van der Waals surface area (Å²) in [7, 11) is 0. The van der Waals surface area contributed by atoms with Crippen LogP contribution in [0.4, 0.5) is 0 Å². The zero-order chi connectivity index (χ0) is 13.8. The number of aliphatic hydroxyl groups excluding tert-OH is 1. The van der Waals surface area contributed by atoms with Gasteiger partial charge in [-0.1, -0.05) is 6.92 Å². The first kappa shape index (κ1) is 15.9. The Bertz CT molecular complexity index is 232. The molecule has 2 N–H and O–H groups in total. The van der Waals surface area contributed by atoms with Gasteiger partial charge in [-0.3, -0.25) is 4.90 Å². The molecule has 1 heterocycles. The molecule has 0 saturated carbocycles. The van der Waals surface area contributed by atoms with Crippen LogP contribution in [-0.2, 0) is 4.74 Å². The maximum absolute atomic E-state index is 9.11. The van der Waals surface area contributed by atoms with E-state index >= 15 is 0 Å². The van der Waals surface area contributed by atoms with Gasteiger partial charge in [-0.05, 0) is 40.7 Å². The normalized spacial score (nSPS) is 25.0. The summed E-state index contributed by atoms with van der Waals surface area (Å²) in [6.45, 7) is 14.8. The average Bonchev–Trinajstić information content (AvgIpc) is 2.12. The number of nitrogens with one attached hydrogen (secondary N) is 1. The number of aliphatic hydroxyl groups is 1. The third-order valence-corrected chi connectivity index (χ3v) is 3.21. The van der Waals surface area contributed by atoms with Crippen molar-refractivity contribution in [2.45, 2.75) is 58.3 Å². The highest BCUT2D eigenvalue weighted by molar-refractivity contribution is 4.90. The molecule has 0 amide bonds. The summed E-state index contributed by atoms with van der Waals surface area (Å²) < 4.78 is 6.08. The number of hydrogen-bond acceptors (Lipinski definition) is 4. The molecule has 1 rings (SSSR count). The van der Waals surface area contributed by atoms with E-state index in [-0.39, 0.29) is 17.8 Å². The second-order valence-electron chi connectivity index (χ2n) is 6.56. The minimum atomic E-state index is -0.0995. The molecule has 0 aromatic rings. The second-order valence-corrected chi connectivity index (χ2v) is 6.56. The smallest absolute Gasteiger partial charge is 0.0760 e. The second kappa shape index (κ2) is 6.33. The van der Waals surface area contributed by atoms with Crippen LogP contribution in [0.2, 0.25) is 0 Å². The van der Waals surface area contributed by atoms with Gasteiger partial charge < -0.3 is 15.2 Å². The molecule has 0 aliphatic carbocycles. The molecule has 4 heteroatoms. The molecule has 1 unspecified atom stereocenters. The first-order chi connectivity index (χ1) is 8.28. The van der Waals surface area contributed by atoms with E-state index in [0.717, 1.165) is 32.6 Å². The van der Waals surface area contributed by atoms with Crippen LogP contribution in [0, 0.1) is 0 Å². The van der Waals surface area contributed by atoms with Gasteiger partial charge in [0.25, 0.3) is 0 Å². The van der Waals surface area contributed by atoms with E-state index < -0.39 is 0 Å². The van der Waals surface area contributed by atoms with E-state index in [1.54, 1.807) is 0 Å². The summed E-state index contributed by atoms with van der Waals surface area (Å²) in [6.07, 6.45) is 0.812. The van der Waals surface area contributed by atoms with Crippen LogP contribution >= 0.6 is 0 Å². The van der Waals surface area contributed by atoms with Gasteiger partial charge in [-0.15, -0.1) is 0 Å². The predicted molar refractivity (Wildman–Crippen MR) is 74.9 cm³/mol. The molecule has 0 aromatic heterocycles. The fourth-order valence-electron chi connectivity index (χ4n) is 3.09. The van der Waals surface area contributed by atoms with Crippen LogP contribution in [0.5, 0.6) is 0 Å². The van der Waals surface area contributed by atoms with Crippen molar-refractivity contribution in [1.29, 1.82) is 0 Å². The minimum Gasteiger partial charge on any atom is -0.396 e. The first-order valence-electron chi connectivity index (χ1n) is 7.05. The van der Waals surface area contributed by atoms with Crippen molar-refractivity contribution in [3.05, 3.63) is 0 Å². The molecule has 1 fully saturated rings. The van der Waals surface area contributed by atoms with Gasteiger partial charge in [-0.25, -0.2) is 0 Å². The molecule has 18 heavy (non-hydrogen) atoms. The van der Waals surface area contributed by atoms with Crippen LogP contribution in [0.3, 0.4) is 0 Å². The fourth-order valence-corrected chi connectivity index (χ4v) is 3.09. The molecule has 1 aliphatic rings. The number of likely N-dealkylation sites (N-methyl/N-ethyl adjacent to an activating group) is 1. The fraction of sp³-hybridized carbons (Fsp3) is 1.00. The third-order valence-electron chi connectivity index (χ3n) is 3.21. The molecule has 0 aromatic carbocycles. The lowest BCUT2D eigenvalue weighted by molar-refractivity contribution is -0.181. The molecule has 1 saturated heterocycles. The molecule has 1 aliphatic heterocycles. The topological polar surface area (TPSA) is 44.7 Å². The van der Waals surface area contributed by atoms with Crippen molar-refractivity contribution in [1.82, 2.24) is 10.2 Å². The maximum atomic E-state index is 9.11. The number of ether oxygens (including phenoxy) is 1. The van der Waals surface area contributed by atoms with Crippen LogP contribution in [0.25, 0.3) is 0 Å². The van der Waals surface area contributed by atoms with Gasteiger partial charge in [0.1, 0.15) is 0 Å². The summed E-state index contributed by atoms with van der Waals surface area (Å²) in [4.78, 5) is 2.45. The van der Waals surface area contributed by atoms with Gasteiger partial charge in [-0.2, -0.15) is 0 Å². The lowest BCUT2D eigenvalue weighted by atomic mass is 9.98. The van der Waals surface area contributed by atoms with Crippen molar-refractivity contribution in [2.24, 2.45) is 0 Å². The van der Waals surface area contributed by atoms with Crippen molar-refractivity contribution in [3.63, 3.8) is 0 Å². The van der Waals surface area contributed by atoms with E-state index in [9.17, 15) is 0 Å². The average molecular weight is 258 g/mol. The molecular weight excluding hydrogens is 228 g/mol. The zero-order valence-electron chi connectivity index (χ0n) is 12.6. The quantitative estimate of drug-likeness (QED) is 0.752. The molecule has 1 atom stereocenters. The molecule has 0 bridgehead atoms. The highest BCUT2D eigenvalue weighted by atomic mass is 16.5. The highest BCUT2D eigenvalue weighted by Crippen LogP contribution is 2.28. The van der Waals surface area contributed by atoms with Crippen molar-refractivity contribution >= 4 is 0 Å². The van der Waals surface area contributed by atoms with Gasteiger partial charge in [0.15, 0.2) is 0 Å². The van der Waals surface area contributed by atoms with Gasteiger partial charge in [0.2, 0.25) is 0 Å². The summed E-state index contributed by atoms with van der Waals surface area (Å²) >= 11 is 0. The lowest BCUT2D eigenvalue weighted by Crippen LogP contribution is -2.59. The van der Waals surface area contributed by atoms with Crippen molar-refractivity contribution < 1.29 is 9.84 Å². The van der Waals surface area contributed by atoms with Gasteiger partial charge >= 0.3 is 0 Å². The Morgan fingerprint density at radius 1 is 1.22 bits per heavy atom. The Kier molecular flexibility index (Phi) is 5.59. The number of hydrogen-bond donors (Lipinski definition) is 2. The first-order valence-corrected chi connectivity index (χ1v) is 7.05. The molecule has 4 nitrogen and oxygen atoms in total.